The number of hydrogen-bond donors (Lipinski definition) is 2. The number of nitrogens with two attached hydrogens (primary N) is 1. The van der Waals surface area contributed by atoms with Gasteiger partial charge in [0.2, 0.25) is 0 Å². The third kappa shape index (κ3) is 3.26. The van der Waals surface area contributed by atoms with Gasteiger partial charge in [0, 0.05) is 11.6 Å². The van der Waals surface area contributed by atoms with E-state index in [9.17, 15) is 19.3 Å². The van der Waals surface area contributed by atoms with Gasteiger partial charge in [0.1, 0.15) is 0 Å². The van der Waals surface area contributed by atoms with Gasteiger partial charge in [-0.1, -0.05) is 11.6 Å². The van der Waals surface area contributed by atoms with Crippen LogP contribution in [0.15, 0.2) is 36.4 Å². The fourth-order valence-corrected chi connectivity index (χ4v) is 1.76. The predicted molar refractivity (Wildman–Crippen MR) is 76.9 cm³/mol. The van der Waals surface area contributed by atoms with Crippen molar-refractivity contribution < 1.29 is 14.1 Å². The fraction of sp³-hybridized carbons (Fsp3) is 0. The predicted octanol–water partition coefficient (Wildman–Crippen LogP) is 3.22. The molecule has 0 aromatic heterocycles. The summed E-state index contributed by atoms with van der Waals surface area (Å²) in [5.74, 6) is -1.51. The number of amides is 1. The van der Waals surface area contributed by atoms with Crippen LogP contribution in [0.2, 0.25) is 5.02 Å². The smallest absolute Gasteiger partial charge is 0.272 e. The number of nitrogens with one attached hydrogen (secondary N) is 1. The zero-order valence-electron chi connectivity index (χ0n) is 10.5. The van der Waals surface area contributed by atoms with E-state index >= 15 is 0 Å². The van der Waals surface area contributed by atoms with Gasteiger partial charge in [-0.2, -0.15) is 0 Å². The van der Waals surface area contributed by atoms with E-state index in [0.717, 1.165) is 18.2 Å². The number of rotatable bonds is 3. The molecule has 2 rings (SSSR count). The Labute approximate surface area is 123 Å². The molecule has 21 heavy (non-hydrogen) atoms. The number of non-ortho nitro benzene ring substituents is 1. The van der Waals surface area contributed by atoms with Crippen LogP contribution < -0.4 is 11.1 Å². The largest absolute Gasteiger partial charge is 0.398 e. The maximum atomic E-state index is 13.7. The molecule has 6 nitrogen and oxygen atoms in total. The Hall–Kier alpha value is -2.67. The van der Waals surface area contributed by atoms with Crippen molar-refractivity contribution in [3.05, 3.63) is 62.9 Å². The van der Waals surface area contributed by atoms with Gasteiger partial charge in [0.05, 0.1) is 27.4 Å². The highest BCUT2D eigenvalue weighted by Crippen LogP contribution is 2.23. The number of nitro benzene ring substituents is 1. The highest BCUT2D eigenvalue weighted by molar-refractivity contribution is 6.33. The number of nitrogens with zero attached hydrogens (tertiary/aromatic N) is 1. The van der Waals surface area contributed by atoms with Gasteiger partial charge in [-0.25, -0.2) is 4.39 Å². The molecule has 0 fully saturated rings. The topological polar surface area (TPSA) is 98.3 Å². The van der Waals surface area contributed by atoms with Crippen LogP contribution in [0.25, 0.3) is 0 Å². The molecule has 0 bridgehead atoms. The average molecular weight is 310 g/mol. The number of carbonyl (C=O) groups excluding carboxylic acids is 1. The summed E-state index contributed by atoms with van der Waals surface area (Å²) in [7, 11) is 0. The van der Waals surface area contributed by atoms with E-state index in [1.807, 2.05) is 0 Å². The van der Waals surface area contributed by atoms with E-state index in [2.05, 4.69) is 5.32 Å². The molecule has 0 radical (unpaired) electrons. The third-order valence-corrected chi connectivity index (χ3v) is 3.00. The Morgan fingerprint density at radius 1 is 1.29 bits per heavy atom. The Balaban J connectivity index is 2.23. The number of hydrogen-bond acceptors (Lipinski definition) is 4. The lowest BCUT2D eigenvalue weighted by molar-refractivity contribution is -0.385. The van der Waals surface area contributed by atoms with Crippen LogP contribution in [0.1, 0.15) is 10.4 Å². The van der Waals surface area contributed by atoms with E-state index in [1.165, 1.54) is 18.2 Å². The molecular formula is C13H9ClFN3O3. The van der Waals surface area contributed by atoms with E-state index in [0.29, 0.717) is 5.69 Å². The van der Waals surface area contributed by atoms with Gasteiger partial charge in [-0.3, -0.25) is 14.9 Å². The number of anilines is 2. The quantitative estimate of drug-likeness (QED) is 0.516. The molecule has 0 spiro atoms. The highest BCUT2D eigenvalue weighted by atomic mass is 35.5. The standard InChI is InChI=1S/C13H9ClFN3O3/c14-9-5-7(1-3-11(9)16)13(19)17-12-4-2-8(18(20)21)6-10(12)15/h1-6H,16H2,(H,17,19). The maximum Gasteiger partial charge on any atom is 0.272 e. The first-order valence-corrected chi connectivity index (χ1v) is 6.06. The molecule has 0 heterocycles. The van der Waals surface area contributed by atoms with E-state index in [1.54, 1.807) is 0 Å². The summed E-state index contributed by atoms with van der Waals surface area (Å²) in [6.45, 7) is 0. The van der Waals surface area contributed by atoms with E-state index in [-0.39, 0.29) is 16.3 Å². The van der Waals surface area contributed by atoms with Crippen molar-refractivity contribution in [2.24, 2.45) is 0 Å². The second-order valence-corrected chi connectivity index (χ2v) is 4.52. The summed E-state index contributed by atoms with van der Waals surface area (Å²) in [6.07, 6.45) is 0. The molecule has 3 N–H and O–H groups in total. The van der Waals surface area contributed by atoms with Gasteiger partial charge in [0.25, 0.3) is 11.6 Å². The van der Waals surface area contributed by atoms with E-state index < -0.39 is 22.3 Å². The summed E-state index contributed by atoms with van der Waals surface area (Å²) in [6, 6.07) is 7.16. The van der Waals surface area contributed by atoms with Crippen molar-refractivity contribution in [2.75, 3.05) is 11.1 Å². The molecule has 0 aliphatic rings. The number of benzene rings is 2. The first-order valence-electron chi connectivity index (χ1n) is 5.69. The van der Waals surface area contributed by atoms with Gasteiger partial charge >= 0.3 is 0 Å². The lowest BCUT2D eigenvalue weighted by atomic mass is 10.2. The van der Waals surface area contributed by atoms with Crippen molar-refractivity contribution in [1.29, 1.82) is 0 Å². The molecule has 0 aliphatic carbocycles. The van der Waals surface area contributed by atoms with Crippen LogP contribution in [0, 0.1) is 15.9 Å². The van der Waals surface area contributed by atoms with Crippen molar-refractivity contribution in [1.82, 2.24) is 0 Å². The van der Waals surface area contributed by atoms with Crippen LogP contribution in [-0.4, -0.2) is 10.8 Å². The molecule has 2 aromatic rings. The molecule has 1 amide bonds. The van der Waals surface area contributed by atoms with Gasteiger partial charge in [-0.15, -0.1) is 0 Å². The molecule has 0 unspecified atom stereocenters. The summed E-state index contributed by atoms with van der Waals surface area (Å²) in [5.41, 5.74) is 5.45. The molecule has 0 aliphatic heterocycles. The molecular weight excluding hydrogens is 301 g/mol. The molecule has 108 valence electrons. The Kier molecular flexibility index (Phi) is 4.04. The minimum absolute atomic E-state index is 0.168. The Morgan fingerprint density at radius 2 is 2.00 bits per heavy atom. The van der Waals surface area contributed by atoms with E-state index in [4.69, 9.17) is 17.3 Å². The first kappa shape index (κ1) is 14.7. The lowest BCUT2D eigenvalue weighted by Crippen LogP contribution is -2.13. The van der Waals surface area contributed by atoms with Gasteiger partial charge < -0.3 is 11.1 Å². The monoisotopic (exact) mass is 309 g/mol. The number of nitro groups is 1. The summed E-state index contributed by atoms with van der Waals surface area (Å²) >= 11 is 5.79. The van der Waals surface area contributed by atoms with Crippen LogP contribution in [0.4, 0.5) is 21.5 Å². The molecule has 0 saturated heterocycles. The van der Waals surface area contributed by atoms with Gasteiger partial charge in [0.15, 0.2) is 5.82 Å². The second-order valence-electron chi connectivity index (χ2n) is 4.11. The number of carbonyl (C=O) groups is 1. The third-order valence-electron chi connectivity index (χ3n) is 2.67. The van der Waals surface area contributed by atoms with Crippen molar-refractivity contribution >= 4 is 34.6 Å². The van der Waals surface area contributed by atoms with Crippen LogP contribution in [0.3, 0.4) is 0 Å². The summed E-state index contributed by atoms with van der Waals surface area (Å²) in [4.78, 5) is 21.7. The van der Waals surface area contributed by atoms with Crippen LogP contribution >= 0.6 is 11.6 Å². The maximum absolute atomic E-state index is 13.7. The molecule has 0 atom stereocenters. The molecule has 2 aromatic carbocycles. The minimum atomic E-state index is -0.904. The van der Waals surface area contributed by atoms with Crippen molar-refractivity contribution in [3.63, 3.8) is 0 Å². The normalized spacial score (nSPS) is 10.2. The van der Waals surface area contributed by atoms with Crippen LogP contribution in [0.5, 0.6) is 0 Å². The minimum Gasteiger partial charge on any atom is -0.398 e. The zero-order chi connectivity index (χ0) is 15.6. The van der Waals surface area contributed by atoms with Crippen molar-refractivity contribution in [2.45, 2.75) is 0 Å². The summed E-state index contributed by atoms with van der Waals surface area (Å²) < 4.78 is 13.7. The lowest BCUT2D eigenvalue weighted by Gasteiger charge is -2.07. The zero-order valence-corrected chi connectivity index (χ0v) is 11.2. The second kappa shape index (κ2) is 5.76. The highest BCUT2D eigenvalue weighted by Gasteiger charge is 2.14. The van der Waals surface area contributed by atoms with Crippen LogP contribution in [-0.2, 0) is 0 Å². The number of halogens is 2. The fourth-order valence-electron chi connectivity index (χ4n) is 1.58. The van der Waals surface area contributed by atoms with Crippen molar-refractivity contribution in [3.8, 4) is 0 Å². The Bertz CT molecular complexity index is 737. The number of nitrogen functional groups attached to an aromatic ring is 1. The first-order chi connectivity index (χ1) is 9.88. The molecule has 8 heteroatoms. The average Bonchev–Trinajstić information content (AvgIpc) is 2.43. The SMILES string of the molecule is Nc1ccc(C(=O)Nc2ccc([N+](=O)[O-])cc2F)cc1Cl. The Morgan fingerprint density at radius 3 is 2.57 bits per heavy atom. The van der Waals surface area contributed by atoms with Gasteiger partial charge in [-0.05, 0) is 24.3 Å². The molecule has 0 saturated carbocycles. The summed E-state index contributed by atoms with van der Waals surface area (Å²) in [5, 5.41) is 13.0.